The van der Waals surface area contributed by atoms with Crippen molar-refractivity contribution in [2.75, 3.05) is 0 Å². The molecule has 0 aliphatic carbocycles. The van der Waals surface area contributed by atoms with E-state index in [0.29, 0.717) is 0 Å². The second-order valence-corrected chi connectivity index (χ2v) is 25.5. The second-order valence-electron chi connectivity index (χ2n) is 16.6. The molecule has 0 saturated carbocycles. The van der Waals surface area contributed by atoms with Crippen molar-refractivity contribution in [3.63, 3.8) is 0 Å². The third-order valence-electron chi connectivity index (χ3n) is 10.1. The zero-order valence-electron chi connectivity index (χ0n) is 35.0. The van der Waals surface area contributed by atoms with Gasteiger partial charge in [0.15, 0.2) is 0 Å². The smallest absolute Gasteiger partial charge is 0.202 e. The molecule has 0 amide bonds. The number of alkyl halides is 6. The van der Waals surface area contributed by atoms with Crippen LogP contribution in [0.3, 0.4) is 0 Å². The summed E-state index contributed by atoms with van der Waals surface area (Å²) in [6.07, 6.45) is 0. The molecular formula is C47H46F6O6S4. The van der Waals surface area contributed by atoms with E-state index in [1.165, 1.54) is 146 Å². The zero-order valence-corrected chi connectivity index (χ0v) is 38.3. The maximum absolute atomic E-state index is 16.6. The summed E-state index contributed by atoms with van der Waals surface area (Å²) < 4.78 is 167. The van der Waals surface area contributed by atoms with E-state index in [-0.39, 0.29) is 29.4 Å². The summed E-state index contributed by atoms with van der Waals surface area (Å²) in [5.41, 5.74) is 0.542. The highest BCUT2D eigenvalue weighted by Gasteiger charge is 2.84. The zero-order chi connectivity index (χ0) is 46.3. The van der Waals surface area contributed by atoms with E-state index in [1.807, 2.05) is 41.5 Å². The molecule has 0 aromatic heterocycles. The Hall–Kier alpha value is -4.58. The van der Waals surface area contributed by atoms with Crippen LogP contribution in [0.4, 0.5) is 26.3 Å². The topological polar surface area (TPSA) is 86.7 Å². The fraction of sp³-hybridized carbons (Fsp3) is 0.234. The van der Waals surface area contributed by atoms with Gasteiger partial charge in [-0.05, 0) is 115 Å². The second kappa shape index (κ2) is 17.1. The van der Waals surface area contributed by atoms with Crippen molar-refractivity contribution in [3.05, 3.63) is 181 Å². The lowest BCUT2D eigenvalue weighted by atomic mass is 9.87. The van der Waals surface area contributed by atoms with Gasteiger partial charge in [0.2, 0.25) is 0 Å². The normalized spacial score (nSPS) is 14.3. The van der Waals surface area contributed by atoms with Crippen molar-refractivity contribution in [2.24, 2.45) is 0 Å². The molecule has 0 aliphatic rings. The van der Waals surface area contributed by atoms with Crippen molar-refractivity contribution in [1.29, 1.82) is 0 Å². The first-order valence-electron chi connectivity index (χ1n) is 19.4. The Labute approximate surface area is 368 Å². The Morgan fingerprint density at radius 1 is 0.333 bits per heavy atom. The van der Waals surface area contributed by atoms with Crippen LogP contribution in [0, 0.1) is 0 Å². The van der Waals surface area contributed by atoms with Crippen LogP contribution in [0.25, 0.3) is 0 Å². The van der Waals surface area contributed by atoms with Gasteiger partial charge in [-0.25, -0.2) is 7.26 Å². The minimum atomic E-state index is -7.26. The minimum absolute atomic E-state index is 0.0742. The molecule has 0 unspecified atom stereocenters. The maximum atomic E-state index is 16.6. The van der Waals surface area contributed by atoms with Gasteiger partial charge in [0, 0.05) is 29.4 Å². The van der Waals surface area contributed by atoms with E-state index in [2.05, 4.69) is 0 Å². The molecule has 63 heavy (non-hydrogen) atoms. The highest BCUT2D eigenvalue weighted by atomic mass is 32.3. The highest BCUT2D eigenvalue weighted by molar-refractivity contribution is 8.33. The van der Waals surface area contributed by atoms with E-state index in [0.717, 1.165) is 11.1 Å². The lowest BCUT2D eigenvalue weighted by molar-refractivity contribution is -0.246. The molecule has 0 fully saturated rings. The van der Waals surface area contributed by atoms with Crippen LogP contribution in [0.5, 0.6) is 0 Å². The molecule has 6 nitrogen and oxygen atoms in total. The summed E-state index contributed by atoms with van der Waals surface area (Å²) in [4.78, 5) is -0.475. The first-order chi connectivity index (χ1) is 29.3. The van der Waals surface area contributed by atoms with Gasteiger partial charge in [0.05, 0.1) is 0 Å². The quantitative estimate of drug-likeness (QED) is 0.101. The van der Waals surface area contributed by atoms with Crippen LogP contribution in [0.15, 0.2) is 199 Å². The van der Waals surface area contributed by atoms with Crippen LogP contribution >= 0.6 is 20.6 Å². The fourth-order valence-corrected chi connectivity index (χ4v) is 17.1. The predicted molar refractivity (Wildman–Crippen MR) is 236 cm³/mol. The van der Waals surface area contributed by atoms with E-state index >= 15 is 26.3 Å². The Kier molecular flexibility index (Phi) is 13.0. The molecule has 336 valence electrons. The summed E-state index contributed by atoms with van der Waals surface area (Å²) in [6.45, 7) is 11.3. The van der Waals surface area contributed by atoms with E-state index in [1.54, 1.807) is 24.3 Å². The van der Waals surface area contributed by atoms with E-state index < -0.39 is 68.1 Å². The lowest BCUT2D eigenvalue weighted by Gasteiger charge is -2.42. The molecule has 0 N–H and O–H groups in total. The molecule has 0 spiro atoms. The van der Waals surface area contributed by atoms with Gasteiger partial charge in [-0.15, -0.1) is 0 Å². The molecule has 0 heterocycles. The molecule has 0 aliphatic heterocycles. The summed E-state index contributed by atoms with van der Waals surface area (Å²) in [6, 6.07) is 39.9. The number of halogens is 6. The van der Waals surface area contributed by atoms with Crippen LogP contribution < -0.4 is 0 Å². The molecule has 6 aromatic carbocycles. The average Bonchev–Trinajstić information content (AvgIpc) is 3.25. The highest BCUT2D eigenvalue weighted by Crippen LogP contribution is 2.73. The van der Waals surface area contributed by atoms with Crippen LogP contribution in [-0.4, -0.2) is 33.3 Å². The number of rotatable bonds is 14. The molecule has 6 aromatic rings. The molecule has 0 atom stereocenters. The number of benzene rings is 6. The molecule has 0 saturated heterocycles. The monoisotopic (exact) mass is 948 g/mol. The van der Waals surface area contributed by atoms with Crippen molar-refractivity contribution in [2.45, 2.75) is 98.2 Å². The molecule has 0 bridgehead atoms. The average molecular weight is 949 g/mol. The third-order valence-corrected chi connectivity index (χ3v) is 20.6. The van der Waals surface area contributed by atoms with Gasteiger partial charge in [-0.2, -0.15) is 43.2 Å². The molecule has 0 radical (unpaired) electrons. The summed E-state index contributed by atoms with van der Waals surface area (Å²) in [5, 5.41) is -13.8. The largest absolute Gasteiger partial charge is 0.440 e. The summed E-state index contributed by atoms with van der Waals surface area (Å²) in [5.74, 6) is -7.22. The van der Waals surface area contributed by atoms with Crippen molar-refractivity contribution >= 4 is 40.9 Å². The van der Waals surface area contributed by atoms with Crippen molar-refractivity contribution < 1.29 is 50.4 Å². The first kappa shape index (κ1) is 47.9. The maximum Gasteiger partial charge on any atom is 0.440 e. The van der Waals surface area contributed by atoms with Gasteiger partial charge in [0.1, 0.15) is 0 Å². The predicted octanol–water partition coefficient (Wildman–Crippen LogP) is 13.9. The lowest BCUT2D eigenvalue weighted by Crippen LogP contribution is -2.61. The molecular weight excluding hydrogens is 903 g/mol. The summed E-state index contributed by atoms with van der Waals surface area (Å²) >= 11 is 0. The Bertz CT molecular complexity index is 2460. The Morgan fingerprint density at radius 3 is 0.746 bits per heavy atom. The van der Waals surface area contributed by atoms with Crippen LogP contribution in [0.1, 0.15) is 52.7 Å². The third kappa shape index (κ3) is 8.57. The minimum Gasteiger partial charge on any atom is -0.202 e. The number of hydrogen-bond acceptors (Lipinski definition) is 6. The standard InChI is InChI=1S/C47H46F6O6S4/c1-43(2,3)35-27-31-41(32-28-35)60(37-19-11-7-12-20-37,38-21-13-8-14-22-38)58-62(54,55)46(50,51)45(48,49)47(52,53)63(56,57)59-61(39-23-15-9-16-24-39,40-25-17-10-18-26-40)42-33-29-36(30-34-42)44(4,5)6/h7-34H,1-6H3. The van der Waals surface area contributed by atoms with Crippen molar-refractivity contribution in [3.8, 4) is 0 Å². The van der Waals surface area contributed by atoms with Gasteiger partial charge >= 0.3 is 36.7 Å². The molecule has 6 rings (SSSR count). The van der Waals surface area contributed by atoms with E-state index in [4.69, 9.17) is 7.26 Å². The Balaban J connectivity index is 1.53. The number of hydrogen-bond donors (Lipinski definition) is 0. The van der Waals surface area contributed by atoms with E-state index in [9.17, 15) is 16.8 Å². The molecule has 16 heteroatoms. The van der Waals surface area contributed by atoms with Gasteiger partial charge in [-0.1, -0.05) is 139 Å². The summed E-state index contributed by atoms with van der Waals surface area (Å²) in [7, 11) is -22.6. The first-order valence-corrected chi connectivity index (χ1v) is 25.3. The Morgan fingerprint density at radius 2 is 0.540 bits per heavy atom. The van der Waals surface area contributed by atoms with Crippen LogP contribution in [-0.2, 0) is 38.3 Å². The fourth-order valence-electron chi connectivity index (χ4n) is 6.63. The van der Waals surface area contributed by atoms with Gasteiger partial charge in [-0.3, -0.25) is 0 Å². The van der Waals surface area contributed by atoms with Crippen LogP contribution in [0.2, 0.25) is 0 Å². The van der Waals surface area contributed by atoms with Gasteiger partial charge < -0.3 is 0 Å². The van der Waals surface area contributed by atoms with Gasteiger partial charge in [0.25, 0.3) is 0 Å². The SMILES string of the molecule is CC(C)(C)c1ccc(S(OS(=O)(=O)C(F)(F)C(F)(F)C(F)(F)S(=O)(=O)OS(c2ccccc2)(c2ccccc2)c2ccc(C(C)(C)C)cc2)(c2ccccc2)c2ccccc2)cc1. The van der Waals surface area contributed by atoms with Crippen molar-refractivity contribution in [1.82, 2.24) is 0 Å².